The maximum absolute atomic E-state index is 13.7. The Balaban J connectivity index is 1.92. The minimum Gasteiger partial charge on any atom is -0.478 e. The topological polar surface area (TPSA) is 52.6 Å². The summed E-state index contributed by atoms with van der Waals surface area (Å²) in [5, 5.41) is 11.5. The zero-order valence-electron chi connectivity index (χ0n) is 12.0. The molecule has 6 heteroatoms. The van der Waals surface area contributed by atoms with Gasteiger partial charge in [0.2, 0.25) is 0 Å². The van der Waals surface area contributed by atoms with Gasteiger partial charge in [-0.3, -0.25) is 0 Å². The van der Waals surface area contributed by atoms with E-state index in [9.17, 15) is 13.6 Å². The van der Waals surface area contributed by atoms with Crippen LogP contribution in [0.4, 0.5) is 14.5 Å². The fourth-order valence-corrected chi connectivity index (χ4v) is 2.75. The van der Waals surface area contributed by atoms with Gasteiger partial charge in [-0.15, -0.1) is 0 Å². The van der Waals surface area contributed by atoms with Crippen molar-refractivity contribution in [1.82, 2.24) is 4.90 Å². The molecule has 1 saturated carbocycles. The second kappa shape index (κ2) is 6.85. The Bertz CT molecular complexity index is 493. The number of anilines is 1. The molecule has 0 spiro atoms. The Hall–Kier alpha value is -1.69. The van der Waals surface area contributed by atoms with Crippen molar-refractivity contribution in [2.24, 2.45) is 0 Å². The largest absolute Gasteiger partial charge is 0.478 e. The molecular formula is C15H20F2N2O2. The molecule has 1 aliphatic rings. The summed E-state index contributed by atoms with van der Waals surface area (Å²) in [4.78, 5) is 12.9. The number of rotatable bonds is 6. The average Bonchev–Trinajstić information content (AvgIpc) is 2.95. The first-order chi connectivity index (χ1) is 9.99. The summed E-state index contributed by atoms with van der Waals surface area (Å²) in [6, 6.07) is 2.21. The molecule has 0 bridgehead atoms. The Labute approximate surface area is 122 Å². The Morgan fingerprint density at radius 2 is 1.90 bits per heavy atom. The fourth-order valence-electron chi connectivity index (χ4n) is 2.75. The third-order valence-corrected chi connectivity index (χ3v) is 4.00. The van der Waals surface area contributed by atoms with E-state index in [2.05, 4.69) is 10.2 Å². The molecule has 1 fully saturated rings. The van der Waals surface area contributed by atoms with E-state index < -0.39 is 23.2 Å². The monoisotopic (exact) mass is 298 g/mol. The van der Waals surface area contributed by atoms with Crippen LogP contribution >= 0.6 is 0 Å². The van der Waals surface area contributed by atoms with E-state index in [1.807, 2.05) is 7.05 Å². The second-order valence-electron chi connectivity index (χ2n) is 5.47. The van der Waals surface area contributed by atoms with Crippen LogP contribution in [-0.4, -0.2) is 42.2 Å². The molecule has 1 aromatic rings. The first kappa shape index (κ1) is 15.7. The number of aromatic carboxylic acids is 1. The molecule has 0 heterocycles. The van der Waals surface area contributed by atoms with Crippen LogP contribution in [0, 0.1) is 11.6 Å². The fraction of sp³-hybridized carbons (Fsp3) is 0.533. The summed E-state index contributed by atoms with van der Waals surface area (Å²) in [7, 11) is 2.01. The molecule has 0 atom stereocenters. The van der Waals surface area contributed by atoms with Gasteiger partial charge in [-0.05, 0) is 32.0 Å². The van der Waals surface area contributed by atoms with Crippen molar-refractivity contribution < 1.29 is 18.7 Å². The molecule has 21 heavy (non-hydrogen) atoms. The van der Waals surface area contributed by atoms with Crippen LogP contribution in [0.5, 0.6) is 0 Å². The van der Waals surface area contributed by atoms with Crippen LogP contribution in [-0.2, 0) is 0 Å². The normalized spacial score (nSPS) is 15.6. The van der Waals surface area contributed by atoms with E-state index in [4.69, 9.17) is 5.11 Å². The first-order valence-electron chi connectivity index (χ1n) is 7.15. The number of nitrogens with one attached hydrogen (secondary N) is 1. The molecule has 4 nitrogen and oxygen atoms in total. The number of nitrogens with zero attached hydrogens (tertiary/aromatic N) is 1. The number of likely N-dealkylation sites (N-methyl/N-ethyl adjacent to an activating group) is 1. The van der Waals surface area contributed by atoms with Crippen LogP contribution in [0.1, 0.15) is 36.0 Å². The highest BCUT2D eigenvalue weighted by molar-refractivity contribution is 5.88. The zero-order valence-corrected chi connectivity index (χ0v) is 12.0. The van der Waals surface area contributed by atoms with E-state index >= 15 is 0 Å². The van der Waals surface area contributed by atoms with Gasteiger partial charge in [-0.25, -0.2) is 13.6 Å². The van der Waals surface area contributed by atoms with Gasteiger partial charge in [0.05, 0.1) is 5.56 Å². The molecule has 0 radical (unpaired) electrons. The lowest BCUT2D eigenvalue weighted by Crippen LogP contribution is -2.33. The number of hydrogen-bond donors (Lipinski definition) is 2. The highest BCUT2D eigenvalue weighted by atomic mass is 19.1. The number of carbonyl (C=O) groups is 1. The van der Waals surface area contributed by atoms with Crippen LogP contribution in [0.25, 0.3) is 0 Å². The lowest BCUT2D eigenvalue weighted by molar-refractivity contribution is 0.0696. The molecule has 0 saturated heterocycles. The van der Waals surface area contributed by atoms with E-state index in [0.29, 0.717) is 19.1 Å². The van der Waals surface area contributed by atoms with Gasteiger partial charge in [0.15, 0.2) is 0 Å². The molecule has 2 rings (SSSR count). The predicted molar refractivity (Wildman–Crippen MR) is 76.7 cm³/mol. The molecule has 1 aromatic carbocycles. The van der Waals surface area contributed by atoms with Crippen molar-refractivity contribution in [3.8, 4) is 0 Å². The lowest BCUT2D eigenvalue weighted by atomic mass is 10.2. The Morgan fingerprint density at radius 3 is 2.43 bits per heavy atom. The lowest BCUT2D eigenvalue weighted by Gasteiger charge is -2.24. The third-order valence-electron chi connectivity index (χ3n) is 4.00. The Morgan fingerprint density at radius 1 is 1.33 bits per heavy atom. The van der Waals surface area contributed by atoms with Crippen molar-refractivity contribution in [1.29, 1.82) is 0 Å². The number of benzene rings is 1. The van der Waals surface area contributed by atoms with Gasteiger partial charge in [0, 0.05) is 19.1 Å². The molecule has 0 unspecified atom stereocenters. The predicted octanol–water partition coefficient (Wildman–Crippen LogP) is 2.95. The van der Waals surface area contributed by atoms with Crippen LogP contribution in [0.2, 0.25) is 0 Å². The minimum absolute atomic E-state index is 0.264. The quantitative estimate of drug-likeness (QED) is 0.848. The molecular weight excluding hydrogens is 278 g/mol. The number of hydrogen-bond acceptors (Lipinski definition) is 3. The molecule has 116 valence electrons. The zero-order chi connectivity index (χ0) is 15.4. The minimum atomic E-state index is -1.35. The highest BCUT2D eigenvalue weighted by Crippen LogP contribution is 2.23. The van der Waals surface area contributed by atoms with Gasteiger partial charge in [-0.1, -0.05) is 12.8 Å². The molecule has 0 amide bonds. The van der Waals surface area contributed by atoms with E-state index in [1.54, 1.807) is 0 Å². The summed E-state index contributed by atoms with van der Waals surface area (Å²) < 4.78 is 27.4. The standard InChI is InChI=1S/C15H20F2N2O2/c1-19(11-4-2-3-5-11)7-6-18-14-12(16)8-10(15(20)21)9-13(14)17/h8-9,11,18H,2-7H2,1H3,(H,20,21). The van der Waals surface area contributed by atoms with E-state index in [1.165, 1.54) is 25.7 Å². The maximum atomic E-state index is 13.7. The first-order valence-corrected chi connectivity index (χ1v) is 7.15. The van der Waals surface area contributed by atoms with Crippen LogP contribution < -0.4 is 5.32 Å². The van der Waals surface area contributed by atoms with Crippen LogP contribution in [0.15, 0.2) is 12.1 Å². The van der Waals surface area contributed by atoms with Crippen molar-refractivity contribution in [2.45, 2.75) is 31.7 Å². The van der Waals surface area contributed by atoms with Crippen molar-refractivity contribution >= 4 is 11.7 Å². The number of carboxylic acids is 1. The van der Waals surface area contributed by atoms with E-state index in [-0.39, 0.29) is 5.69 Å². The molecule has 0 aliphatic heterocycles. The van der Waals surface area contributed by atoms with Crippen molar-refractivity contribution in [3.05, 3.63) is 29.3 Å². The van der Waals surface area contributed by atoms with Gasteiger partial charge in [0.25, 0.3) is 0 Å². The van der Waals surface area contributed by atoms with Crippen molar-refractivity contribution in [2.75, 3.05) is 25.5 Å². The molecule has 0 aromatic heterocycles. The van der Waals surface area contributed by atoms with E-state index in [0.717, 1.165) is 12.1 Å². The maximum Gasteiger partial charge on any atom is 0.335 e. The number of carboxylic acid groups (broad SMARTS) is 1. The highest BCUT2D eigenvalue weighted by Gasteiger charge is 2.19. The van der Waals surface area contributed by atoms with Gasteiger partial charge >= 0.3 is 5.97 Å². The Kier molecular flexibility index (Phi) is 5.12. The van der Waals surface area contributed by atoms with Crippen LogP contribution in [0.3, 0.4) is 0 Å². The van der Waals surface area contributed by atoms with Crippen molar-refractivity contribution in [3.63, 3.8) is 0 Å². The summed E-state index contributed by atoms with van der Waals surface area (Å²) in [6.45, 7) is 1.09. The summed E-state index contributed by atoms with van der Waals surface area (Å²) >= 11 is 0. The molecule has 2 N–H and O–H groups in total. The smallest absolute Gasteiger partial charge is 0.335 e. The van der Waals surface area contributed by atoms with Gasteiger partial charge in [0.1, 0.15) is 17.3 Å². The average molecular weight is 298 g/mol. The number of halogens is 2. The second-order valence-corrected chi connectivity index (χ2v) is 5.47. The van der Waals surface area contributed by atoms with Gasteiger partial charge < -0.3 is 15.3 Å². The SMILES string of the molecule is CN(CCNc1c(F)cc(C(=O)O)cc1F)C1CCCC1. The summed E-state index contributed by atoms with van der Waals surface area (Å²) in [6.07, 6.45) is 4.82. The van der Waals surface area contributed by atoms with Gasteiger partial charge in [-0.2, -0.15) is 0 Å². The summed E-state index contributed by atoms with van der Waals surface area (Å²) in [5.41, 5.74) is -0.654. The summed E-state index contributed by atoms with van der Waals surface area (Å²) in [5.74, 6) is -3.10. The third kappa shape index (κ3) is 3.91. The molecule has 1 aliphatic carbocycles.